The predicted molar refractivity (Wildman–Crippen MR) is 28.4 cm³/mol. The fraction of sp³-hybridized carbons (Fsp3) is 1.00. The summed E-state index contributed by atoms with van der Waals surface area (Å²) in [6.45, 7) is 0. The zero-order valence-corrected chi connectivity index (χ0v) is 10.7. The smallest absolute Gasteiger partial charge is 0.400 e. The summed E-state index contributed by atoms with van der Waals surface area (Å²) in [4.78, 5) is 0. The summed E-state index contributed by atoms with van der Waals surface area (Å²) in [6, 6.07) is 0. The van der Waals surface area contributed by atoms with Crippen LogP contribution in [0.15, 0.2) is 0 Å². The second-order valence-corrected chi connectivity index (χ2v) is 4.24. The molecule has 0 aromatic carbocycles. The number of hydrogen-bond acceptors (Lipinski definition) is 4. The number of sulfonamides is 1. The molecule has 0 aromatic heterocycles. The monoisotopic (exact) mass is 269 g/mol. The fourth-order valence-electron chi connectivity index (χ4n) is 0.159. The summed E-state index contributed by atoms with van der Waals surface area (Å²) in [5, 5.41) is 0. The largest absolute Gasteiger partial charge is 1.00 e. The Bertz CT molecular complexity index is 354. The number of rotatable bonds is 2. The Morgan fingerprint density at radius 1 is 1.00 bits per heavy atom. The fourth-order valence-corrected chi connectivity index (χ4v) is 1.44. The van der Waals surface area contributed by atoms with Gasteiger partial charge in [-0.15, -0.1) is 3.89 Å². The van der Waals surface area contributed by atoms with Gasteiger partial charge < -0.3 is 4.13 Å². The van der Waals surface area contributed by atoms with Gasteiger partial charge in [0.05, 0.1) is 0 Å². The first kappa shape index (κ1) is 16.6. The van der Waals surface area contributed by atoms with E-state index in [9.17, 15) is 33.9 Å². The SMILES string of the molecule is O=S(=O)(F)[N-]S(=O)(=O)C(F)(F)F.[K+]. The Hall–Kier alpha value is 1.22. The Balaban J connectivity index is 0. The molecule has 0 unspecified atom stereocenters. The third-order valence-electron chi connectivity index (χ3n) is 0.480. The first-order valence-electron chi connectivity index (χ1n) is 1.96. The van der Waals surface area contributed by atoms with Crippen LogP contribution in [0.2, 0.25) is 0 Å². The molecule has 0 fully saturated rings. The molecule has 0 aliphatic carbocycles. The van der Waals surface area contributed by atoms with Crippen LogP contribution in [0.5, 0.6) is 0 Å². The van der Waals surface area contributed by atoms with Crippen molar-refractivity contribution < 1.29 is 85.3 Å². The van der Waals surface area contributed by atoms with Crippen LogP contribution in [-0.4, -0.2) is 22.3 Å². The minimum atomic E-state index is -6.29. The topological polar surface area (TPSA) is 82.4 Å². The number of alkyl halides is 3. The molecule has 0 aliphatic heterocycles. The molecule has 0 atom stereocenters. The van der Waals surface area contributed by atoms with E-state index in [1.807, 2.05) is 0 Å². The van der Waals surface area contributed by atoms with Gasteiger partial charge in [-0.1, -0.05) is 0 Å². The van der Waals surface area contributed by atoms with Crippen LogP contribution in [-0.2, 0) is 20.4 Å². The van der Waals surface area contributed by atoms with E-state index in [0.717, 1.165) is 4.13 Å². The van der Waals surface area contributed by atoms with Crippen LogP contribution in [0.4, 0.5) is 17.1 Å². The van der Waals surface area contributed by atoms with E-state index in [0.29, 0.717) is 0 Å². The predicted octanol–water partition coefficient (Wildman–Crippen LogP) is -2.57. The second-order valence-electron chi connectivity index (χ2n) is 1.41. The Kier molecular flexibility index (Phi) is 6.18. The zero-order chi connectivity index (χ0) is 10.2. The van der Waals surface area contributed by atoms with Crippen LogP contribution in [0.1, 0.15) is 0 Å². The number of nitrogens with zero attached hydrogens (tertiary/aromatic N) is 1. The van der Waals surface area contributed by atoms with Crippen LogP contribution in [0, 0.1) is 0 Å². The van der Waals surface area contributed by atoms with Gasteiger partial charge in [0.15, 0.2) is 10.0 Å². The van der Waals surface area contributed by atoms with E-state index in [-0.39, 0.29) is 51.4 Å². The van der Waals surface area contributed by atoms with Crippen molar-refractivity contribution in [1.29, 1.82) is 0 Å². The van der Waals surface area contributed by atoms with E-state index in [1.165, 1.54) is 0 Å². The van der Waals surface area contributed by atoms with E-state index in [1.54, 1.807) is 0 Å². The van der Waals surface area contributed by atoms with Crippen molar-refractivity contribution in [2.75, 3.05) is 0 Å². The number of hydrogen-bond donors (Lipinski definition) is 0. The van der Waals surface area contributed by atoms with Crippen LogP contribution in [0.3, 0.4) is 0 Å². The first-order valence-corrected chi connectivity index (χ1v) is 4.74. The van der Waals surface area contributed by atoms with E-state index < -0.39 is 25.9 Å². The van der Waals surface area contributed by atoms with Crippen molar-refractivity contribution in [2.45, 2.75) is 5.51 Å². The minimum absolute atomic E-state index is 0. The summed E-state index contributed by atoms with van der Waals surface area (Å²) < 4.78 is 84.3. The maximum absolute atomic E-state index is 11.3. The zero-order valence-electron chi connectivity index (χ0n) is 5.91. The van der Waals surface area contributed by atoms with E-state index in [4.69, 9.17) is 0 Å². The second kappa shape index (κ2) is 4.83. The van der Waals surface area contributed by atoms with E-state index in [2.05, 4.69) is 0 Å². The van der Waals surface area contributed by atoms with Gasteiger partial charge >= 0.3 is 56.9 Å². The van der Waals surface area contributed by atoms with Crippen molar-refractivity contribution in [3.63, 3.8) is 0 Å². The molecule has 0 rings (SSSR count). The molecule has 0 heterocycles. The van der Waals surface area contributed by atoms with Crippen molar-refractivity contribution in [1.82, 2.24) is 0 Å². The molecule has 5 nitrogen and oxygen atoms in total. The molecule has 0 saturated carbocycles. The van der Waals surface area contributed by atoms with Crippen LogP contribution < -0.4 is 51.4 Å². The van der Waals surface area contributed by atoms with Crippen LogP contribution in [0.25, 0.3) is 4.13 Å². The molecule has 74 valence electrons. The Morgan fingerprint density at radius 2 is 1.31 bits per heavy atom. The summed E-state index contributed by atoms with van der Waals surface area (Å²) in [5.74, 6) is 0. The molecule has 0 spiro atoms. The van der Waals surface area contributed by atoms with Crippen molar-refractivity contribution in [3.8, 4) is 0 Å². The quantitative estimate of drug-likeness (QED) is 0.313. The average Bonchev–Trinajstić information content (AvgIpc) is 1.52. The van der Waals surface area contributed by atoms with Gasteiger partial charge in [0.2, 0.25) is 10.4 Å². The molecule has 0 amide bonds. The third-order valence-corrected chi connectivity index (χ3v) is 2.56. The van der Waals surface area contributed by atoms with Gasteiger partial charge in [0.25, 0.3) is 0 Å². The molecule has 0 aliphatic rings. The average molecular weight is 269 g/mol. The maximum atomic E-state index is 11.3. The molecule has 0 aromatic rings. The molecule has 13 heavy (non-hydrogen) atoms. The third kappa shape index (κ3) is 6.32. The van der Waals surface area contributed by atoms with Gasteiger partial charge in [-0.25, -0.2) is 16.8 Å². The van der Waals surface area contributed by atoms with E-state index >= 15 is 0 Å². The summed E-state index contributed by atoms with van der Waals surface area (Å²) >= 11 is 0. The summed E-state index contributed by atoms with van der Waals surface area (Å²) in [5.41, 5.74) is -5.91. The molecular weight excluding hydrogens is 269 g/mol. The van der Waals surface area contributed by atoms with Crippen LogP contribution >= 0.6 is 0 Å². The van der Waals surface area contributed by atoms with Gasteiger partial charge in [0.1, 0.15) is 0 Å². The summed E-state index contributed by atoms with van der Waals surface area (Å²) in [6.07, 6.45) is 0. The van der Waals surface area contributed by atoms with Gasteiger partial charge in [-0.05, 0) is 0 Å². The molecule has 0 N–H and O–H groups in total. The normalized spacial score (nSPS) is 13.5. The standard InChI is InChI=1S/CF4NO4S2.K/c2-1(3,4)11(7,8)6-12(5,9)10;/q-1;+1. The van der Waals surface area contributed by atoms with Crippen molar-refractivity contribution in [2.24, 2.45) is 0 Å². The van der Waals surface area contributed by atoms with Gasteiger partial charge in [-0.2, -0.15) is 13.2 Å². The minimum Gasteiger partial charge on any atom is -0.400 e. The number of halogens is 4. The van der Waals surface area contributed by atoms with Gasteiger partial charge in [-0.3, -0.25) is 0 Å². The van der Waals surface area contributed by atoms with Gasteiger partial charge in [0, 0.05) is 0 Å². The maximum Gasteiger partial charge on any atom is 1.00 e. The molecule has 12 heteroatoms. The van der Waals surface area contributed by atoms with Crippen molar-refractivity contribution in [3.05, 3.63) is 4.13 Å². The Morgan fingerprint density at radius 3 is 1.38 bits per heavy atom. The first-order chi connectivity index (χ1) is 4.96. The Labute approximate surface area is 114 Å². The van der Waals surface area contributed by atoms with Crippen molar-refractivity contribution >= 4 is 20.4 Å². The molecular formula is CF4KNO4S2. The molecule has 0 bridgehead atoms. The molecule has 0 saturated heterocycles. The summed E-state index contributed by atoms with van der Waals surface area (Å²) in [7, 11) is -12.3. The molecule has 0 radical (unpaired) electrons.